The molecule has 5 fully saturated rings. The molecule has 0 radical (unpaired) electrons. The van der Waals surface area contributed by atoms with Gasteiger partial charge in [0.25, 0.3) is 0 Å². The Morgan fingerprint density at radius 1 is 0.842 bits per heavy atom. The first-order valence-corrected chi connectivity index (χ1v) is 27.9. The number of nitrogens with two attached hydrogens (primary N) is 1. The van der Waals surface area contributed by atoms with Gasteiger partial charge in [-0.2, -0.15) is 0 Å². The van der Waals surface area contributed by atoms with Crippen molar-refractivity contribution < 1.29 is 33.8 Å². The number of anilines is 4. The fraction of sp³-hybridized carbons (Fsp3) is 0.491. The summed E-state index contributed by atoms with van der Waals surface area (Å²) in [6.07, 6.45) is 9.04. The first-order chi connectivity index (χ1) is 36.8. The Hall–Kier alpha value is -6.83. The molecule has 6 aromatic rings. The molecule has 5 N–H and O–H groups in total. The zero-order chi connectivity index (χ0) is 52.6. The molecule has 4 aliphatic heterocycles. The molecule has 4 saturated heterocycles. The number of pyridine rings is 1. The Labute approximate surface area is 447 Å². The highest BCUT2D eigenvalue weighted by molar-refractivity contribution is 7.13. The largest absolute Gasteiger partial charge is 0.507 e. The van der Waals surface area contributed by atoms with E-state index < -0.39 is 18.1 Å². The Bertz CT molecular complexity index is 2980. The van der Waals surface area contributed by atoms with Gasteiger partial charge in [-0.3, -0.25) is 9.59 Å². The molecule has 2 aromatic carbocycles. The molecule has 1 aliphatic carbocycles. The minimum atomic E-state index is -0.814. The number of benzene rings is 2. The van der Waals surface area contributed by atoms with E-state index in [0.717, 1.165) is 111 Å². The molecule has 19 heteroatoms. The lowest BCUT2D eigenvalue weighted by Crippen LogP contribution is -2.54. The van der Waals surface area contributed by atoms with Crippen LogP contribution in [-0.2, 0) is 14.3 Å². The van der Waals surface area contributed by atoms with Crippen LogP contribution in [0.1, 0.15) is 108 Å². The number of thiazole rings is 1. The molecule has 11 rings (SSSR count). The van der Waals surface area contributed by atoms with Crippen LogP contribution in [-0.4, -0.2) is 128 Å². The fourth-order valence-corrected chi connectivity index (χ4v) is 13.1. The zero-order valence-electron chi connectivity index (χ0n) is 43.7. The lowest BCUT2D eigenvalue weighted by Gasteiger charge is -2.43. The van der Waals surface area contributed by atoms with Gasteiger partial charge in [-0.1, -0.05) is 55.4 Å². The minimum Gasteiger partial charge on any atom is -0.507 e. The summed E-state index contributed by atoms with van der Waals surface area (Å²) in [6.45, 7) is 11.0. The SMILES string of the molecule is Cc1ncsc1-c1ccc([C@H](C)NC(=O)[C@@H]2C[C@@H](O)CN2C(=O)[C@@H](c2cc(N3CCC(OC4CCC(Oc5cc(N6C7CC[C@@H]6CN(c6cc(-c8ccccc8O)nnc6N)C7)ccn5)CC4)CC3)no2)C(C)C)cc1. The van der Waals surface area contributed by atoms with Crippen molar-refractivity contribution in [1.29, 1.82) is 0 Å². The summed E-state index contributed by atoms with van der Waals surface area (Å²) in [5.74, 6) is 0.959. The third kappa shape index (κ3) is 10.8. The first kappa shape index (κ1) is 51.3. The van der Waals surface area contributed by atoms with E-state index in [-0.39, 0.29) is 72.9 Å². The standard InChI is InChI=1S/C57H69N11O7S/c1-33(2)53(57(72)67-31-41(69)26-48(67)56(71)61-34(3)36-9-11-37(12-10-36)54-35(4)60-32-76-54)50-28-51(64-75-50)65-23-20-44(21-24-65)73-42-15-17-43(18-16-42)74-52-25-38(19-22-59-52)68-39-13-14-40(68)30-66(29-39)47-27-46(62-63-55(47)58)45-7-5-6-8-49(45)70/h5-12,19,22,25,27-28,32-34,39-44,48,53,69-70H,13-18,20-21,23-24,26,29-31H2,1-4H3,(H2,58,63)(H,61,71)/t34-,39+,40?,41+,42?,43?,48-,53+/m0/s1. The number of hydrogen-bond donors (Lipinski definition) is 4. The van der Waals surface area contributed by atoms with Crippen LogP contribution in [0, 0.1) is 12.8 Å². The van der Waals surface area contributed by atoms with Crippen LogP contribution in [0.5, 0.6) is 11.6 Å². The second-order valence-electron chi connectivity index (χ2n) is 21.7. The van der Waals surface area contributed by atoms with E-state index in [0.29, 0.717) is 34.5 Å². The summed E-state index contributed by atoms with van der Waals surface area (Å²) in [5.41, 5.74) is 14.4. The van der Waals surface area contributed by atoms with Crippen LogP contribution < -0.4 is 30.5 Å². The number of nitrogen functional groups attached to an aromatic ring is 1. The van der Waals surface area contributed by atoms with Gasteiger partial charge in [0.05, 0.1) is 51.8 Å². The summed E-state index contributed by atoms with van der Waals surface area (Å²) in [5, 5.41) is 37.4. The number of piperazine rings is 1. The molecule has 0 spiro atoms. The number of aliphatic hydroxyl groups is 1. The molecule has 400 valence electrons. The molecule has 1 saturated carbocycles. The van der Waals surface area contributed by atoms with Gasteiger partial charge in [0.1, 0.15) is 23.8 Å². The number of nitrogens with one attached hydrogen (secondary N) is 1. The third-order valence-electron chi connectivity index (χ3n) is 16.3. The van der Waals surface area contributed by atoms with Crippen molar-refractivity contribution in [3.05, 3.63) is 102 Å². The molecular formula is C57H69N11O7S. The molecule has 2 amide bonds. The van der Waals surface area contributed by atoms with Crippen molar-refractivity contribution in [2.75, 3.05) is 53.2 Å². The summed E-state index contributed by atoms with van der Waals surface area (Å²) in [7, 11) is 0. The smallest absolute Gasteiger partial charge is 0.243 e. The molecule has 4 aromatic heterocycles. The number of phenols is 1. The summed E-state index contributed by atoms with van der Waals surface area (Å²) in [4.78, 5) is 46.9. The van der Waals surface area contributed by atoms with E-state index in [1.54, 1.807) is 23.5 Å². The Morgan fingerprint density at radius 2 is 1.57 bits per heavy atom. The van der Waals surface area contributed by atoms with Gasteiger partial charge in [0, 0.05) is 80.8 Å². The van der Waals surface area contributed by atoms with E-state index in [9.17, 15) is 19.8 Å². The number of aromatic hydroxyl groups is 1. The number of hydrogen-bond acceptors (Lipinski definition) is 17. The Morgan fingerprint density at radius 3 is 2.28 bits per heavy atom. The van der Waals surface area contributed by atoms with E-state index in [4.69, 9.17) is 19.7 Å². The molecule has 8 heterocycles. The number of para-hydroxylation sites is 1. The fourth-order valence-electron chi connectivity index (χ4n) is 12.3. The van der Waals surface area contributed by atoms with Crippen molar-refractivity contribution in [3.63, 3.8) is 0 Å². The van der Waals surface area contributed by atoms with Gasteiger partial charge in [0.2, 0.25) is 17.7 Å². The number of ether oxygens (including phenoxy) is 2. The van der Waals surface area contributed by atoms with Crippen molar-refractivity contribution in [2.24, 2.45) is 5.92 Å². The lowest BCUT2D eigenvalue weighted by molar-refractivity contribution is -0.141. The van der Waals surface area contributed by atoms with Crippen molar-refractivity contribution in [3.8, 4) is 33.3 Å². The Balaban J connectivity index is 0.638. The summed E-state index contributed by atoms with van der Waals surface area (Å²) >= 11 is 1.60. The maximum atomic E-state index is 14.4. The number of aryl methyl sites for hydroxylation is 1. The number of carbonyl (C=O) groups is 2. The highest BCUT2D eigenvalue weighted by atomic mass is 32.1. The van der Waals surface area contributed by atoms with Crippen LogP contribution in [0.25, 0.3) is 21.7 Å². The van der Waals surface area contributed by atoms with Gasteiger partial charge < -0.3 is 54.9 Å². The van der Waals surface area contributed by atoms with Crippen LogP contribution in [0.3, 0.4) is 0 Å². The van der Waals surface area contributed by atoms with Gasteiger partial charge in [0.15, 0.2) is 17.4 Å². The van der Waals surface area contributed by atoms with Gasteiger partial charge in [-0.15, -0.1) is 21.5 Å². The third-order valence-corrected chi connectivity index (χ3v) is 17.3. The second-order valence-corrected chi connectivity index (χ2v) is 22.6. The number of likely N-dealkylation sites (tertiary alicyclic amines) is 1. The molecule has 5 aliphatic rings. The van der Waals surface area contributed by atoms with Crippen molar-refractivity contribution >= 4 is 46.2 Å². The zero-order valence-corrected chi connectivity index (χ0v) is 44.5. The van der Waals surface area contributed by atoms with E-state index in [1.165, 1.54) is 4.90 Å². The number of nitrogens with zero attached hydrogens (tertiary/aromatic N) is 9. The van der Waals surface area contributed by atoms with Crippen molar-refractivity contribution in [2.45, 2.75) is 140 Å². The predicted molar refractivity (Wildman–Crippen MR) is 291 cm³/mol. The molecule has 6 atom stereocenters. The maximum absolute atomic E-state index is 14.4. The molecular weight excluding hydrogens is 983 g/mol. The number of β-amino-alcohol motifs (C(OH)–C–C–N with tert-alkyl or cyclic N) is 1. The monoisotopic (exact) mass is 1050 g/mol. The molecule has 2 bridgehead atoms. The first-order valence-electron chi connectivity index (χ1n) is 27.1. The van der Waals surface area contributed by atoms with Crippen LogP contribution in [0.2, 0.25) is 0 Å². The van der Waals surface area contributed by atoms with E-state index in [2.05, 4.69) is 57.5 Å². The lowest BCUT2D eigenvalue weighted by atomic mass is 9.91. The Kier molecular flexibility index (Phi) is 14.9. The highest BCUT2D eigenvalue weighted by Gasteiger charge is 2.44. The van der Waals surface area contributed by atoms with Gasteiger partial charge >= 0.3 is 0 Å². The summed E-state index contributed by atoms with van der Waals surface area (Å²) < 4.78 is 19.2. The van der Waals surface area contributed by atoms with Gasteiger partial charge in [-0.25, -0.2) is 9.97 Å². The van der Waals surface area contributed by atoms with Gasteiger partial charge in [-0.05, 0) is 107 Å². The van der Waals surface area contributed by atoms with Crippen LogP contribution in [0.4, 0.5) is 23.0 Å². The quantitative estimate of drug-likeness (QED) is 0.0764. The van der Waals surface area contributed by atoms with E-state index >= 15 is 0 Å². The average molecular weight is 1050 g/mol. The minimum absolute atomic E-state index is 0.0667. The maximum Gasteiger partial charge on any atom is 0.243 e. The van der Waals surface area contributed by atoms with Crippen LogP contribution in [0.15, 0.2) is 89.0 Å². The normalized spacial score (nSPS) is 23.8. The highest BCUT2D eigenvalue weighted by Crippen LogP contribution is 2.41. The summed E-state index contributed by atoms with van der Waals surface area (Å²) in [6, 6.07) is 22.7. The number of aromatic nitrogens is 5. The number of amides is 2. The number of piperidine rings is 1. The number of rotatable bonds is 15. The van der Waals surface area contributed by atoms with Crippen molar-refractivity contribution in [1.82, 2.24) is 35.5 Å². The molecule has 1 unspecified atom stereocenters. The van der Waals surface area contributed by atoms with Crippen LogP contribution >= 0.6 is 11.3 Å². The topological polar surface area (TPSA) is 222 Å². The number of phenolic OH excluding ortho intramolecular Hbond substituents is 1. The molecule has 18 nitrogen and oxygen atoms in total. The van der Waals surface area contributed by atoms with E-state index in [1.807, 2.05) is 87.9 Å². The number of fused-ring (bicyclic) bond motifs is 2. The number of aliphatic hydroxyl groups excluding tert-OH is 1. The second kappa shape index (κ2) is 22.0. The average Bonchev–Trinajstić information content (AvgIpc) is 4.25. The predicted octanol–water partition coefficient (Wildman–Crippen LogP) is 8.06. The number of carbonyl (C=O) groups excluding carboxylic acids is 2. The molecule has 76 heavy (non-hydrogen) atoms.